The van der Waals surface area contributed by atoms with Gasteiger partial charge in [-0.2, -0.15) is 0 Å². The van der Waals surface area contributed by atoms with Crippen LogP contribution in [0, 0.1) is 0 Å². The number of aromatic nitrogens is 2. The van der Waals surface area contributed by atoms with Gasteiger partial charge in [-0.05, 0) is 33.6 Å². The first-order valence-electron chi connectivity index (χ1n) is 7.94. The van der Waals surface area contributed by atoms with Crippen molar-refractivity contribution in [3.05, 3.63) is 76.5 Å². The highest BCUT2D eigenvalue weighted by Crippen LogP contribution is 2.30. The van der Waals surface area contributed by atoms with Crippen LogP contribution in [0.25, 0.3) is 11.3 Å². The number of hydrogen-bond donors (Lipinski definition) is 3. The Kier molecular flexibility index (Phi) is 5.60. The maximum absolute atomic E-state index is 12.5. The van der Waals surface area contributed by atoms with E-state index in [1.807, 2.05) is 30.3 Å². The van der Waals surface area contributed by atoms with Gasteiger partial charge in [-0.15, -0.1) is 0 Å². The highest BCUT2D eigenvalue weighted by molar-refractivity contribution is 9.10. The fourth-order valence-electron chi connectivity index (χ4n) is 2.64. The number of nitrogens with zero attached hydrogens (tertiary/aromatic N) is 2. The van der Waals surface area contributed by atoms with Crippen LogP contribution in [0.2, 0.25) is 0 Å². The van der Waals surface area contributed by atoms with E-state index in [4.69, 9.17) is 5.73 Å². The molecule has 7 heteroatoms. The predicted octanol–water partition coefficient (Wildman–Crippen LogP) is 2.95. The lowest BCUT2D eigenvalue weighted by atomic mass is 9.97. The van der Waals surface area contributed by atoms with Crippen LogP contribution in [0.5, 0.6) is 0 Å². The van der Waals surface area contributed by atoms with Crippen LogP contribution in [0.15, 0.2) is 65.4 Å². The van der Waals surface area contributed by atoms with Crippen LogP contribution in [0.4, 0.5) is 5.82 Å². The lowest BCUT2D eigenvalue weighted by Gasteiger charge is -2.20. The summed E-state index contributed by atoms with van der Waals surface area (Å²) in [6.45, 7) is -0.267. The monoisotopic (exact) mass is 412 g/mol. The SMILES string of the molecule is Nc1ncc(Br)nc1-c1ccccc1[C@@H](CO)NC(=O)c1ccccc1. The second kappa shape index (κ2) is 8.07. The van der Waals surface area contributed by atoms with Crippen molar-refractivity contribution in [2.24, 2.45) is 0 Å². The zero-order chi connectivity index (χ0) is 18.5. The molecule has 0 saturated heterocycles. The molecular weight excluding hydrogens is 396 g/mol. The number of aliphatic hydroxyl groups is 1. The second-order valence-electron chi connectivity index (χ2n) is 5.59. The van der Waals surface area contributed by atoms with Gasteiger partial charge >= 0.3 is 0 Å². The van der Waals surface area contributed by atoms with Crippen LogP contribution in [-0.4, -0.2) is 27.6 Å². The summed E-state index contributed by atoms with van der Waals surface area (Å²) >= 11 is 3.29. The smallest absolute Gasteiger partial charge is 0.251 e. The highest BCUT2D eigenvalue weighted by Gasteiger charge is 2.20. The van der Waals surface area contributed by atoms with Gasteiger partial charge < -0.3 is 16.2 Å². The summed E-state index contributed by atoms with van der Waals surface area (Å²) in [6.07, 6.45) is 1.52. The predicted molar refractivity (Wildman–Crippen MR) is 103 cm³/mol. The van der Waals surface area contributed by atoms with Crippen molar-refractivity contribution in [1.82, 2.24) is 15.3 Å². The number of nitrogens with one attached hydrogen (secondary N) is 1. The van der Waals surface area contributed by atoms with E-state index in [1.165, 1.54) is 6.20 Å². The Balaban J connectivity index is 1.97. The zero-order valence-electron chi connectivity index (χ0n) is 13.8. The Hall–Kier alpha value is -2.77. The van der Waals surface area contributed by atoms with Crippen molar-refractivity contribution in [3.8, 4) is 11.3 Å². The molecule has 1 atom stereocenters. The zero-order valence-corrected chi connectivity index (χ0v) is 15.3. The molecule has 3 rings (SSSR count). The van der Waals surface area contributed by atoms with Gasteiger partial charge in [0, 0.05) is 11.1 Å². The van der Waals surface area contributed by atoms with E-state index in [0.717, 1.165) is 0 Å². The Morgan fingerprint density at radius 2 is 1.85 bits per heavy atom. The van der Waals surface area contributed by atoms with Gasteiger partial charge in [0.2, 0.25) is 0 Å². The molecule has 0 bridgehead atoms. The van der Waals surface area contributed by atoms with Crippen LogP contribution in [-0.2, 0) is 0 Å². The van der Waals surface area contributed by atoms with E-state index in [9.17, 15) is 9.90 Å². The molecule has 1 amide bonds. The molecule has 4 N–H and O–H groups in total. The van der Waals surface area contributed by atoms with Crippen molar-refractivity contribution in [1.29, 1.82) is 0 Å². The molecule has 0 spiro atoms. The number of nitrogen functional groups attached to an aromatic ring is 1. The standard InChI is InChI=1S/C19H17BrN4O2/c20-16-10-22-18(21)17(24-16)14-9-5-4-8-13(14)15(11-25)23-19(26)12-6-2-1-3-7-12/h1-10,15,25H,11H2,(H2,21,22)(H,23,26)/t15-/m1/s1. The third kappa shape index (κ3) is 3.89. The molecule has 0 aliphatic rings. The first-order chi connectivity index (χ1) is 12.6. The normalized spacial score (nSPS) is 11.8. The molecule has 0 aliphatic heterocycles. The van der Waals surface area contributed by atoms with Crippen LogP contribution >= 0.6 is 15.9 Å². The Morgan fingerprint density at radius 3 is 2.58 bits per heavy atom. The van der Waals surface area contributed by atoms with Crippen molar-refractivity contribution < 1.29 is 9.90 Å². The van der Waals surface area contributed by atoms with Gasteiger partial charge in [-0.1, -0.05) is 42.5 Å². The molecule has 0 unspecified atom stereocenters. The minimum atomic E-state index is -0.612. The van der Waals surface area contributed by atoms with E-state index < -0.39 is 6.04 Å². The molecule has 3 aromatic rings. The molecule has 0 saturated carbocycles. The van der Waals surface area contributed by atoms with Crippen molar-refractivity contribution >= 4 is 27.7 Å². The third-order valence-corrected chi connectivity index (χ3v) is 4.27. The number of hydrogen-bond acceptors (Lipinski definition) is 5. The van der Waals surface area contributed by atoms with E-state index in [-0.39, 0.29) is 18.3 Å². The summed E-state index contributed by atoms with van der Waals surface area (Å²) < 4.78 is 0.547. The number of carbonyl (C=O) groups excluding carboxylic acids is 1. The number of benzene rings is 2. The second-order valence-corrected chi connectivity index (χ2v) is 6.40. The van der Waals surface area contributed by atoms with Gasteiger partial charge in [0.15, 0.2) is 0 Å². The Bertz CT molecular complexity index is 918. The number of rotatable bonds is 5. The molecule has 132 valence electrons. The van der Waals surface area contributed by atoms with Crippen LogP contribution in [0.3, 0.4) is 0 Å². The van der Waals surface area contributed by atoms with Gasteiger partial charge in [-0.25, -0.2) is 9.97 Å². The number of anilines is 1. The number of halogens is 1. The molecule has 6 nitrogen and oxygen atoms in total. The van der Waals surface area contributed by atoms with Gasteiger partial charge in [-0.3, -0.25) is 4.79 Å². The van der Waals surface area contributed by atoms with E-state index in [0.29, 0.717) is 27.0 Å². The van der Waals surface area contributed by atoms with Gasteiger partial charge in [0.05, 0.1) is 18.8 Å². The summed E-state index contributed by atoms with van der Waals surface area (Å²) in [6, 6.07) is 15.6. The number of amides is 1. The van der Waals surface area contributed by atoms with Gasteiger partial charge in [0.1, 0.15) is 16.1 Å². The van der Waals surface area contributed by atoms with E-state index in [2.05, 4.69) is 31.2 Å². The molecule has 26 heavy (non-hydrogen) atoms. The Labute approximate surface area is 159 Å². The average molecular weight is 413 g/mol. The molecule has 2 aromatic carbocycles. The minimum absolute atomic E-state index is 0.267. The summed E-state index contributed by atoms with van der Waals surface area (Å²) in [7, 11) is 0. The molecule has 0 fully saturated rings. The third-order valence-electron chi connectivity index (χ3n) is 3.89. The lowest BCUT2D eigenvalue weighted by molar-refractivity contribution is 0.0916. The topological polar surface area (TPSA) is 101 Å². The molecule has 0 aliphatic carbocycles. The fraction of sp³-hybridized carbons (Fsp3) is 0.105. The molecular formula is C19H17BrN4O2. The summed E-state index contributed by atoms with van der Waals surface area (Å²) in [5.74, 6) is -0.000484. The van der Waals surface area contributed by atoms with Crippen molar-refractivity contribution in [2.75, 3.05) is 12.3 Å². The maximum atomic E-state index is 12.5. The molecule has 0 radical (unpaired) electrons. The van der Waals surface area contributed by atoms with Crippen LogP contribution < -0.4 is 11.1 Å². The number of nitrogens with two attached hydrogens (primary N) is 1. The number of aliphatic hydroxyl groups excluding tert-OH is 1. The fourth-order valence-corrected chi connectivity index (χ4v) is 2.92. The van der Waals surface area contributed by atoms with Crippen molar-refractivity contribution in [2.45, 2.75) is 6.04 Å². The van der Waals surface area contributed by atoms with Crippen LogP contribution in [0.1, 0.15) is 22.0 Å². The first kappa shape index (κ1) is 18.0. The summed E-state index contributed by atoms with van der Waals surface area (Å²) in [5, 5.41) is 12.7. The Morgan fingerprint density at radius 1 is 1.15 bits per heavy atom. The summed E-state index contributed by atoms with van der Waals surface area (Å²) in [5.41, 5.74) is 8.39. The minimum Gasteiger partial charge on any atom is -0.394 e. The molecule has 1 aromatic heterocycles. The first-order valence-corrected chi connectivity index (χ1v) is 8.73. The quantitative estimate of drug-likeness (QED) is 0.597. The van der Waals surface area contributed by atoms with Gasteiger partial charge in [0.25, 0.3) is 5.91 Å². The number of carbonyl (C=O) groups is 1. The maximum Gasteiger partial charge on any atom is 0.251 e. The lowest BCUT2D eigenvalue weighted by Crippen LogP contribution is -2.31. The van der Waals surface area contributed by atoms with E-state index >= 15 is 0 Å². The average Bonchev–Trinajstić information content (AvgIpc) is 2.68. The highest BCUT2D eigenvalue weighted by atomic mass is 79.9. The molecule has 1 heterocycles. The largest absolute Gasteiger partial charge is 0.394 e. The van der Waals surface area contributed by atoms with Crippen molar-refractivity contribution in [3.63, 3.8) is 0 Å². The van der Waals surface area contributed by atoms with E-state index in [1.54, 1.807) is 24.3 Å². The summed E-state index contributed by atoms with van der Waals surface area (Å²) in [4.78, 5) is 21.0.